The van der Waals surface area contributed by atoms with Gasteiger partial charge in [-0.15, -0.1) is 0 Å². The first-order valence-electron chi connectivity index (χ1n) is 9.59. The molecule has 3 aromatic rings. The van der Waals surface area contributed by atoms with Crippen molar-refractivity contribution in [2.24, 2.45) is 0 Å². The van der Waals surface area contributed by atoms with E-state index in [-0.39, 0.29) is 5.91 Å². The fraction of sp³-hybridized carbons (Fsp3) is 0.318. The predicted molar refractivity (Wildman–Crippen MR) is 107 cm³/mol. The van der Waals surface area contributed by atoms with Crippen molar-refractivity contribution < 1.29 is 4.79 Å². The van der Waals surface area contributed by atoms with Crippen LogP contribution in [0.3, 0.4) is 0 Å². The molecule has 1 aliphatic rings. The molecular weight excluding hydrogens is 336 g/mol. The number of aryl methyl sites for hydroxylation is 1. The van der Waals surface area contributed by atoms with E-state index >= 15 is 0 Å². The zero-order valence-electron chi connectivity index (χ0n) is 15.6. The molecule has 0 radical (unpaired) electrons. The number of carbonyl (C=O) groups is 1. The third-order valence-corrected chi connectivity index (χ3v) is 5.09. The van der Waals surface area contributed by atoms with Gasteiger partial charge < -0.3 is 5.32 Å². The number of amides is 1. The van der Waals surface area contributed by atoms with Crippen LogP contribution in [0.15, 0.2) is 54.2 Å². The van der Waals surface area contributed by atoms with E-state index in [9.17, 15) is 4.79 Å². The lowest BCUT2D eigenvalue weighted by atomic mass is 9.97. The van der Waals surface area contributed by atoms with Crippen molar-refractivity contribution in [3.63, 3.8) is 0 Å². The molecule has 1 aliphatic carbocycles. The highest BCUT2D eigenvalue weighted by Gasteiger charge is 2.11. The molecule has 1 amide bonds. The Morgan fingerprint density at radius 2 is 2.04 bits per heavy atom. The second-order valence-corrected chi connectivity index (χ2v) is 7.00. The molecule has 2 aromatic heterocycles. The van der Waals surface area contributed by atoms with Crippen LogP contribution in [0.2, 0.25) is 0 Å². The lowest BCUT2D eigenvalue weighted by molar-refractivity contribution is 0.0954. The predicted octanol–water partition coefficient (Wildman–Crippen LogP) is 4.35. The van der Waals surface area contributed by atoms with Crippen LogP contribution < -0.4 is 5.32 Å². The second kappa shape index (κ2) is 7.74. The highest BCUT2D eigenvalue weighted by Crippen LogP contribution is 2.21. The van der Waals surface area contributed by atoms with Gasteiger partial charge in [-0.25, -0.2) is 9.97 Å². The fourth-order valence-electron chi connectivity index (χ4n) is 3.67. The van der Waals surface area contributed by atoms with E-state index in [2.05, 4.69) is 21.4 Å². The normalized spacial score (nSPS) is 14.2. The SMILES string of the molecule is Cc1nc2cccnc2n1-c1ccc(C(=O)NCCC2=CCCCC2)cc1. The molecule has 0 bridgehead atoms. The van der Waals surface area contributed by atoms with Gasteiger partial charge in [0.1, 0.15) is 11.3 Å². The summed E-state index contributed by atoms with van der Waals surface area (Å²) in [6, 6.07) is 11.4. The van der Waals surface area contributed by atoms with Gasteiger partial charge in [0.15, 0.2) is 5.65 Å². The van der Waals surface area contributed by atoms with Gasteiger partial charge >= 0.3 is 0 Å². The van der Waals surface area contributed by atoms with E-state index in [0.29, 0.717) is 12.1 Å². The minimum absolute atomic E-state index is 0.0247. The molecule has 0 saturated carbocycles. The molecule has 0 atom stereocenters. The van der Waals surface area contributed by atoms with Gasteiger partial charge in [0.25, 0.3) is 5.91 Å². The Hall–Kier alpha value is -2.95. The van der Waals surface area contributed by atoms with Crippen LogP contribution in [-0.2, 0) is 0 Å². The molecular formula is C22H24N4O. The Morgan fingerprint density at radius 3 is 2.81 bits per heavy atom. The summed E-state index contributed by atoms with van der Waals surface area (Å²) in [5.74, 6) is 0.852. The average molecular weight is 360 g/mol. The number of fused-ring (bicyclic) bond motifs is 1. The maximum Gasteiger partial charge on any atom is 0.251 e. The van der Waals surface area contributed by atoms with Crippen LogP contribution in [-0.4, -0.2) is 27.0 Å². The molecule has 1 N–H and O–H groups in total. The van der Waals surface area contributed by atoms with Crippen LogP contribution in [0.5, 0.6) is 0 Å². The smallest absolute Gasteiger partial charge is 0.251 e. The minimum Gasteiger partial charge on any atom is -0.352 e. The molecule has 27 heavy (non-hydrogen) atoms. The zero-order chi connectivity index (χ0) is 18.6. The Bertz CT molecular complexity index is 985. The van der Waals surface area contributed by atoms with Crippen LogP contribution in [0.25, 0.3) is 16.9 Å². The van der Waals surface area contributed by atoms with Gasteiger partial charge in [0, 0.05) is 24.0 Å². The number of carbonyl (C=O) groups excluding carboxylic acids is 1. The van der Waals surface area contributed by atoms with E-state index in [1.54, 1.807) is 6.20 Å². The highest BCUT2D eigenvalue weighted by atomic mass is 16.1. The molecule has 138 valence electrons. The molecule has 1 aromatic carbocycles. The number of aromatic nitrogens is 3. The van der Waals surface area contributed by atoms with Gasteiger partial charge in [0.05, 0.1) is 0 Å². The third kappa shape index (κ3) is 3.77. The molecule has 4 rings (SSSR count). The Labute approximate surface area is 159 Å². The standard InChI is InChI=1S/C22H24N4O/c1-16-25-20-8-5-14-23-21(20)26(16)19-11-9-18(10-12-19)22(27)24-15-13-17-6-3-2-4-7-17/h5-6,8-12,14H,2-4,7,13,15H2,1H3,(H,24,27). The summed E-state index contributed by atoms with van der Waals surface area (Å²) in [7, 11) is 0. The van der Waals surface area contributed by atoms with Crippen molar-refractivity contribution in [2.75, 3.05) is 6.54 Å². The summed E-state index contributed by atoms with van der Waals surface area (Å²) in [6.45, 7) is 2.66. The first-order chi connectivity index (χ1) is 13.2. The average Bonchev–Trinajstić information content (AvgIpc) is 3.04. The Morgan fingerprint density at radius 1 is 1.19 bits per heavy atom. The van der Waals surface area contributed by atoms with E-state index in [1.807, 2.05) is 47.9 Å². The maximum absolute atomic E-state index is 12.4. The minimum atomic E-state index is -0.0247. The molecule has 0 aliphatic heterocycles. The quantitative estimate of drug-likeness (QED) is 0.688. The van der Waals surface area contributed by atoms with Crippen molar-refractivity contribution in [3.05, 3.63) is 65.6 Å². The van der Waals surface area contributed by atoms with Crippen LogP contribution >= 0.6 is 0 Å². The molecule has 0 spiro atoms. The fourth-order valence-corrected chi connectivity index (χ4v) is 3.67. The van der Waals surface area contributed by atoms with Gasteiger partial charge in [-0.05, 0) is 75.4 Å². The number of nitrogens with one attached hydrogen (secondary N) is 1. The first-order valence-corrected chi connectivity index (χ1v) is 9.59. The second-order valence-electron chi connectivity index (χ2n) is 7.00. The van der Waals surface area contributed by atoms with Crippen molar-refractivity contribution in [2.45, 2.75) is 39.0 Å². The molecule has 0 fully saturated rings. The van der Waals surface area contributed by atoms with Crippen molar-refractivity contribution >= 4 is 17.1 Å². The number of hydrogen-bond donors (Lipinski definition) is 1. The molecule has 0 saturated heterocycles. The van der Waals surface area contributed by atoms with Crippen molar-refractivity contribution in [3.8, 4) is 5.69 Å². The van der Waals surface area contributed by atoms with Gasteiger partial charge in [-0.3, -0.25) is 9.36 Å². The topological polar surface area (TPSA) is 59.8 Å². The number of nitrogens with zero attached hydrogens (tertiary/aromatic N) is 3. The van der Waals surface area contributed by atoms with Gasteiger partial charge in [0.2, 0.25) is 0 Å². The first kappa shape index (κ1) is 17.5. The van der Waals surface area contributed by atoms with Gasteiger partial charge in [-0.2, -0.15) is 0 Å². The van der Waals surface area contributed by atoms with E-state index in [4.69, 9.17) is 0 Å². The lowest BCUT2D eigenvalue weighted by Gasteiger charge is -2.13. The van der Waals surface area contributed by atoms with Gasteiger partial charge in [-0.1, -0.05) is 11.6 Å². The number of rotatable bonds is 5. The van der Waals surface area contributed by atoms with Crippen molar-refractivity contribution in [1.29, 1.82) is 0 Å². The number of imidazole rings is 1. The lowest BCUT2D eigenvalue weighted by Crippen LogP contribution is -2.24. The number of hydrogen-bond acceptors (Lipinski definition) is 3. The Kier molecular flexibility index (Phi) is 5.01. The molecule has 0 unspecified atom stereocenters. The summed E-state index contributed by atoms with van der Waals surface area (Å²) >= 11 is 0. The summed E-state index contributed by atoms with van der Waals surface area (Å²) in [6.07, 6.45) is 9.98. The summed E-state index contributed by atoms with van der Waals surface area (Å²) in [4.78, 5) is 21.4. The summed E-state index contributed by atoms with van der Waals surface area (Å²) in [5.41, 5.74) is 4.80. The largest absolute Gasteiger partial charge is 0.352 e. The van der Waals surface area contributed by atoms with E-state index in [1.165, 1.54) is 31.3 Å². The van der Waals surface area contributed by atoms with Crippen LogP contribution in [0, 0.1) is 6.92 Å². The Balaban J connectivity index is 1.44. The van der Waals surface area contributed by atoms with Crippen molar-refractivity contribution in [1.82, 2.24) is 19.9 Å². The third-order valence-electron chi connectivity index (χ3n) is 5.09. The highest BCUT2D eigenvalue weighted by molar-refractivity contribution is 5.94. The number of allylic oxidation sites excluding steroid dienone is 1. The zero-order valence-corrected chi connectivity index (χ0v) is 15.6. The molecule has 5 heteroatoms. The van der Waals surface area contributed by atoms with Crippen LogP contribution in [0.1, 0.15) is 48.3 Å². The maximum atomic E-state index is 12.4. The molecule has 5 nitrogen and oxygen atoms in total. The molecule has 2 heterocycles. The monoisotopic (exact) mass is 360 g/mol. The number of benzene rings is 1. The summed E-state index contributed by atoms with van der Waals surface area (Å²) < 4.78 is 2.01. The van der Waals surface area contributed by atoms with Crippen LogP contribution in [0.4, 0.5) is 0 Å². The van der Waals surface area contributed by atoms with E-state index in [0.717, 1.165) is 29.1 Å². The van der Waals surface area contributed by atoms with E-state index < -0.39 is 0 Å². The number of pyridine rings is 1. The summed E-state index contributed by atoms with van der Waals surface area (Å²) in [5, 5.41) is 3.03.